The molecule has 0 aliphatic heterocycles. The van der Waals surface area contributed by atoms with Crippen molar-refractivity contribution in [1.82, 2.24) is 15.0 Å². The first-order valence-electron chi connectivity index (χ1n) is 5.84. The number of carbonyl (C=O) groups excluding carboxylic acids is 1. The van der Waals surface area contributed by atoms with E-state index in [0.717, 1.165) is 12.1 Å². The Balaban J connectivity index is 2.20. The van der Waals surface area contributed by atoms with E-state index < -0.39 is 0 Å². The standard InChI is InChI=1S/C13H16N4O/c1-9(14)7-11-3-5-12(6-4-11)17-8-13(10(2)18)15-16-17/h3-6,8-9H,7,14H2,1-2H3/t9-/m1/s1. The molecule has 0 aliphatic carbocycles. The molecule has 0 aliphatic rings. The van der Waals surface area contributed by atoms with Gasteiger partial charge in [-0.25, -0.2) is 4.68 Å². The summed E-state index contributed by atoms with van der Waals surface area (Å²) in [5, 5.41) is 7.73. The summed E-state index contributed by atoms with van der Waals surface area (Å²) in [5.41, 5.74) is 8.17. The topological polar surface area (TPSA) is 73.8 Å². The number of hydrogen-bond donors (Lipinski definition) is 1. The van der Waals surface area contributed by atoms with Crippen LogP contribution in [0.2, 0.25) is 0 Å². The maximum atomic E-state index is 11.1. The minimum absolute atomic E-state index is 0.0881. The summed E-state index contributed by atoms with van der Waals surface area (Å²) in [6.45, 7) is 3.45. The Labute approximate surface area is 106 Å². The molecule has 0 bridgehead atoms. The number of Topliss-reactive ketones (excluding diaryl/α,β-unsaturated/α-hetero) is 1. The molecule has 5 heteroatoms. The molecule has 0 saturated heterocycles. The molecule has 0 radical (unpaired) electrons. The van der Waals surface area contributed by atoms with E-state index >= 15 is 0 Å². The van der Waals surface area contributed by atoms with Crippen molar-refractivity contribution in [2.45, 2.75) is 26.3 Å². The average Bonchev–Trinajstić information content (AvgIpc) is 2.78. The van der Waals surface area contributed by atoms with E-state index in [2.05, 4.69) is 10.3 Å². The Morgan fingerprint density at radius 2 is 2.06 bits per heavy atom. The lowest BCUT2D eigenvalue weighted by atomic mass is 10.1. The molecule has 1 aromatic heterocycles. The molecule has 18 heavy (non-hydrogen) atoms. The van der Waals surface area contributed by atoms with Crippen LogP contribution in [0.5, 0.6) is 0 Å². The molecule has 5 nitrogen and oxygen atoms in total. The number of aromatic nitrogens is 3. The van der Waals surface area contributed by atoms with E-state index in [0.29, 0.717) is 5.69 Å². The Bertz CT molecular complexity index is 542. The van der Waals surface area contributed by atoms with E-state index in [4.69, 9.17) is 5.73 Å². The quantitative estimate of drug-likeness (QED) is 0.824. The molecule has 2 aromatic rings. The fraction of sp³-hybridized carbons (Fsp3) is 0.308. The number of ketones is 1. The summed E-state index contributed by atoms with van der Waals surface area (Å²) in [7, 11) is 0. The SMILES string of the molecule is CC(=O)c1cn(-c2ccc(C[C@@H](C)N)cc2)nn1. The van der Waals surface area contributed by atoms with Crippen LogP contribution in [-0.2, 0) is 6.42 Å². The van der Waals surface area contributed by atoms with Crippen molar-refractivity contribution in [3.05, 3.63) is 41.7 Å². The summed E-state index contributed by atoms with van der Waals surface area (Å²) in [6.07, 6.45) is 2.47. The Morgan fingerprint density at radius 3 is 2.56 bits per heavy atom. The average molecular weight is 244 g/mol. The van der Waals surface area contributed by atoms with Gasteiger partial charge < -0.3 is 5.73 Å². The zero-order valence-electron chi connectivity index (χ0n) is 10.5. The van der Waals surface area contributed by atoms with Crippen LogP contribution >= 0.6 is 0 Å². The van der Waals surface area contributed by atoms with Crippen LogP contribution in [0.4, 0.5) is 0 Å². The molecule has 1 aromatic carbocycles. The number of benzene rings is 1. The van der Waals surface area contributed by atoms with Crippen molar-refractivity contribution in [2.24, 2.45) is 5.73 Å². The van der Waals surface area contributed by atoms with Gasteiger partial charge in [0.2, 0.25) is 0 Å². The van der Waals surface area contributed by atoms with Crippen molar-refractivity contribution in [3.63, 3.8) is 0 Å². The van der Waals surface area contributed by atoms with Crippen molar-refractivity contribution in [2.75, 3.05) is 0 Å². The highest BCUT2D eigenvalue weighted by atomic mass is 16.1. The van der Waals surface area contributed by atoms with Crippen molar-refractivity contribution in [3.8, 4) is 5.69 Å². The second kappa shape index (κ2) is 5.10. The smallest absolute Gasteiger partial charge is 0.181 e. The Kier molecular flexibility index (Phi) is 3.53. The fourth-order valence-electron chi connectivity index (χ4n) is 1.71. The second-order valence-electron chi connectivity index (χ2n) is 4.45. The van der Waals surface area contributed by atoms with Gasteiger partial charge in [0, 0.05) is 13.0 Å². The Morgan fingerprint density at radius 1 is 1.39 bits per heavy atom. The van der Waals surface area contributed by atoms with E-state index in [1.165, 1.54) is 12.5 Å². The van der Waals surface area contributed by atoms with Gasteiger partial charge in [-0.3, -0.25) is 4.79 Å². The number of nitrogens with two attached hydrogens (primary N) is 1. The van der Waals surface area contributed by atoms with Gasteiger partial charge in [0.1, 0.15) is 5.69 Å². The van der Waals surface area contributed by atoms with Gasteiger partial charge in [-0.2, -0.15) is 0 Å². The maximum Gasteiger partial charge on any atom is 0.181 e. The number of hydrogen-bond acceptors (Lipinski definition) is 4. The lowest BCUT2D eigenvalue weighted by molar-refractivity contribution is 0.101. The predicted molar refractivity (Wildman–Crippen MR) is 68.7 cm³/mol. The zero-order valence-corrected chi connectivity index (χ0v) is 10.5. The highest BCUT2D eigenvalue weighted by Crippen LogP contribution is 2.10. The minimum atomic E-state index is -0.0881. The molecule has 0 amide bonds. The van der Waals surface area contributed by atoms with Crippen LogP contribution < -0.4 is 5.73 Å². The molecule has 0 fully saturated rings. The third kappa shape index (κ3) is 2.81. The van der Waals surface area contributed by atoms with Crippen LogP contribution in [0.1, 0.15) is 29.9 Å². The van der Waals surface area contributed by atoms with E-state index in [1.807, 2.05) is 31.2 Å². The molecule has 1 heterocycles. The van der Waals surface area contributed by atoms with Crippen LogP contribution in [0.3, 0.4) is 0 Å². The van der Waals surface area contributed by atoms with Gasteiger partial charge in [0.15, 0.2) is 5.78 Å². The van der Waals surface area contributed by atoms with Gasteiger partial charge in [-0.05, 0) is 31.0 Å². The molecular formula is C13H16N4O. The molecule has 0 saturated carbocycles. The third-order valence-corrected chi connectivity index (χ3v) is 2.61. The minimum Gasteiger partial charge on any atom is -0.328 e. The van der Waals surface area contributed by atoms with Crippen LogP contribution in [0.25, 0.3) is 5.69 Å². The first kappa shape index (κ1) is 12.4. The first-order valence-corrected chi connectivity index (χ1v) is 5.84. The predicted octanol–water partition coefficient (Wildman–Crippen LogP) is 1.36. The number of nitrogens with zero attached hydrogens (tertiary/aromatic N) is 3. The summed E-state index contributed by atoms with van der Waals surface area (Å²) in [4.78, 5) is 11.1. The molecule has 2 N–H and O–H groups in total. The van der Waals surface area contributed by atoms with Crippen LogP contribution in [-0.4, -0.2) is 26.8 Å². The lowest BCUT2D eigenvalue weighted by Crippen LogP contribution is -2.17. The van der Waals surface area contributed by atoms with E-state index in [1.54, 1.807) is 10.9 Å². The van der Waals surface area contributed by atoms with Crippen molar-refractivity contribution < 1.29 is 4.79 Å². The summed E-state index contributed by atoms with van der Waals surface area (Å²) < 4.78 is 1.59. The highest BCUT2D eigenvalue weighted by Gasteiger charge is 2.06. The first-order chi connectivity index (χ1) is 8.56. The van der Waals surface area contributed by atoms with Gasteiger partial charge in [-0.15, -0.1) is 5.10 Å². The second-order valence-corrected chi connectivity index (χ2v) is 4.45. The Hall–Kier alpha value is -2.01. The van der Waals surface area contributed by atoms with Gasteiger partial charge in [0.25, 0.3) is 0 Å². The summed E-state index contributed by atoms with van der Waals surface area (Å²) in [5.74, 6) is -0.0881. The molecule has 0 unspecified atom stereocenters. The summed E-state index contributed by atoms with van der Waals surface area (Å²) >= 11 is 0. The van der Waals surface area contributed by atoms with Gasteiger partial charge in [-0.1, -0.05) is 17.3 Å². The molecule has 2 rings (SSSR count). The normalized spacial score (nSPS) is 12.4. The van der Waals surface area contributed by atoms with E-state index in [9.17, 15) is 4.79 Å². The zero-order chi connectivity index (χ0) is 13.1. The molecule has 1 atom stereocenters. The van der Waals surface area contributed by atoms with Gasteiger partial charge >= 0.3 is 0 Å². The van der Waals surface area contributed by atoms with Crippen LogP contribution in [0.15, 0.2) is 30.5 Å². The lowest BCUT2D eigenvalue weighted by Gasteiger charge is -2.06. The van der Waals surface area contributed by atoms with Crippen molar-refractivity contribution >= 4 is 5.78 Å². The maximum absolute atomic E-state index is 11.1. The highest BCUT2D eigenvalue weighted by molar-refractivity contribution is 5.91. The largest absolute Gasteiger partial charge is 0.328 e. The van der Waals surface area contributed by atoms with E-state index in [-0.39, 0.29) is 11.8 Å². The molecule has 0 spiro atoms. The summed E-state index contributed by atoms with van der Waals surface area (Å²) in [6, 6.07) is 8.04. The van der Waals surface area contributed by atoms with Gasteiger partial charge in [0.05, 0.1) is 11.9 Å². The number of rotatable bonds is 4. The van der Waals surface area contributed by atoms with Crippen molar-refractivity contribution in [1.29, 1.82) is 0 Å². The molecular weight excluding hydrogens is 228 g/mol. The fourth-order valence-corrected chi connectivity index (χ4v) is 1.71. The number of carbonyl (C=O) groups is 1. The molecule has 94 valence electrons. The monoisotopic (exact) mass is 244 g/mol. The van der Waals surface area contributed by atoms with Crippen LogP contribution in [0, 0.1) is 0 Å². The third-order valence-electron chi connectivity index (χ3n) is 2.61.